The lowest BCUT2D eigenvalue weighted by Crippen LogP contribution is -2.07. The third-order valence-electron chi connectivity index (χ3n) is 2.70. The molecule has 0 aliphatic carbocycles. The van der Waals surface area contributed by atoms with Crippen LogP contribution in [0.3, 0.4) is 0 Å². The highest BCUT2D eigenvalue weighted by atomic mass is 79.9. The van der Waals surface area contributed by atoms with Gasteiger partial charge in [0.25, 0.3) is 0 Å². The van der Waals surface area contributed by atoms with Crippen molar-refractivity contribution in [1.29, 1.82) is 0 Å². The van der Waals surface area contributed by atoms with E-state index < -0.39 is 0 Å². The van der Waals surface area contributed by atoms with E-state index in [9.17, 15) is 5.11 Å². The first-order valence-electron chi connectivity index (χ1n) is 5.57. The summed E-state index contributed by atoms with van der Waals surface area (Å²) in [6.07, 6.45) is 0. The van der Waals surface area contributed by atoms with Crippen LogP contribution in [0, 0.1) is 0 Å². The van der Waals surface area contributed by atoms with E-state index in [2.05, 4.69) is 34.2 Å². The highest BCUT2D eigenvalue weighted by Gasteiger charge is 2.09. The van der Waals surface area contributed by atoms with Crippen molar-refractivity contribution in [3.63, 3.8) is 0 Å². The molecule has 18 heavy (non-hydrogen) atoms. The van der Waals surface area contributed by atoms with Gasteiger partial charge in [-0.3, -0.25) is 0 Å². The average Bonchev–Trinajstić information content (AvgIpc) is 2.34. The van der Waals surface area contributed by atoms with Crippen LogP contribution in [0.25, 0.3) is 0 Å². The molecule has 4 heteroatoms. The molecule has 2 aromatic carbocycles. The van der Waals surface area contributed by atoms with Crippen LogP contribution in [0.5, 0.6) is 5.75 Å². The fourth-order valence-corrected chi connectivity index (χ4v) is 2.56. The van der Waals surface area contributed by atoms with E-state index in [0.29, 0.717) is 5.02 Å². The Kier molecular flexibility index (Phi) is 4.15. The summed E-state index contributed by atoms with van der Waals surface area (Å²) in [6.45, 7) is 2.07. The van der Waals surface area contributed by atoms with Gasteiger partial charge in [0.15, 0.2) is 0 Å². The summed E-state index contributed by atoms with van der Waals surface area (Å²) in [5.74, 6) is 0.0933. The first-order chi connectivity index (χ1) is 8.58. The largest absolute Gasteiger partial charge is 0.506 e. The zero-order valence-corrected chi connectivity index (χ0v) is 12.2. The number of benzene rings is 2. The average molecular weight is 327 g/mol. The van der Waals surface area contributed by atoms with Gasteiger partial charge in [0.2, 0.25) is 0 Å². The molecule has 2 rings (SSSR count). The third-order valence-corrected chi connectivity index (χ3v) is 3.73. The number of aromatic hydroxyl groups is 1. The van der Waals surface area contributed by atoms with Crippen molar-refractivity contribution in [2.24, 2.45) is 0 Å². The molecule has 0 fully saturated rings. The van der Waals surface area contributed by atoms with Crippen LogP contribution in [-0.4, -0.2) is 5.11 Å². The molecule has 2 aromatic rings. The second kappa shape index (κ2) is 5.63. The maximum atomic E-state index is 9.37. The van der Waals surface area contributed by atoms with Crippen molar-refractivity contribution in [1.82, 2.24) is 0 Å². The molecule has 0 amide bonds. The highest BCUT2D eigenvalue weighted by molar-refractivity contribution is 9.10. The molecular weight excluding hydrogens is 314 g/mol. The van der Waals surface area contributed by atoms with E-state index in [0.717, 1.165) is 10.2 Å². The molecule has 0 saturated carbocycles. The Morgan fingerprint density at radius 2 is 1.94 bits per heavy atom. The minimum Gasteiger partial charge on any atom is -0.506 e. The molecule has 0 aliphatic rings. The van der Waals surface area contributed by atoms with E-state index in [1.165, 1.54) is 5.56 Å². The summed E-state index contributed by atoms with van der Waals surface area (Å²) in [7, 11) is 0. The molecule has 0 saturated heterocycles. The summed E-state index contributed by atoms with van der Waals surface area (Å²) < 4.78 is 1.06. The molecular formula is C14H13BrClNO. The number of phenolic OH excluding ortho intramolecular Hbond substituents is 1. The van der Waals surface area contributed by atoms with Gasteiger partial charge in [-0.1, -0.05) is 45.7 Å². The molecule has 0 aromatic heterocycles. The Morgan fingerprint density at radius 1 is 1.22 bits per heavy atom. The van der Waals surface area contributed by atoms with Crippen molar-refractivity contribution < 1.29 is 5.11 Å². The predicted molar refractivity (Wildman–Crippen MR) is 79.3 cm³/mol. The van der Waals surface area contributed by atoms with Crippen LogP contribution in [-0.2, 0) is 0 Å². The predicted octanol–water partition coefficient (Wildman–Crippen LogP) is 4.98. The van der Waals surface area contributed by atoms with Crippen molar-refractivity contribution >= 4 is 33.2 Å². The minimum absolute atomic E-state index is 0.0933. The van der Waals surface area contributed by atoms with Crippen LogP contribution >= 0.6 is 27.5 Å². The number of rotatable bonds is 3. The molecule has 0 aliphatic heterocycles. The Bertz CT molecular complexity index is 559. The normalized spacial score (nSPS) is 12.2. The van der Waals surface area contributed by atoms with Crippen molar-refractivity contribution in [2.75, 3.05) is 5.32 Å². The zero-order valence-electron chi connectivity index (χ0n) is 9.82. The minimum atomic E-state index is 0.0933. The fourth-order valence-electron chi connectivity index (χ4n) is 1.75. The number of phenols is 1. The Balaban J connectivity index is 2.19. The van der Waals surface area contributed by atoms with Crippen LogP contribution < -0.4 is 5.32 Å². The number of halogens is 2. The number of nitrogens with one attached hydrogen (secondary N) is 1. The maximum absolute atomic E-state index is 9.37. The topological polar surface area (TPSA) is 32.3 Å². The molecule has 1 unspecified atom stereocenters. The zero-order chi connectivity index (χ0) is 13.1. The Hall–Kier alpha value is -1.19. The van der Waals surface area contributed by atoms with E-state index >= 15 is 0 Å². The third kappa shape index (κ3) is 2.98. The number of hydrogen-bond acceptors (Lipinski definition) is 2. The van der Waals surface area contributed by atoms with Crippen LogP contribution in [0.2, 0.25) is 5.02 Å². The highest BCUT2D eigenvalue weighted by Crippen LogP contribution is 2.30. The van der Waals surface area contributed by atoms with E-state index in [4.69, 9.17) is 11.6 Å². The lowest BCUT2D eigenvalue weighted by atomic mass is 10.1. The van der Waals surface area contributed by atoms with Gasteiger partial charge in [-0.25, -0.2) is 0 Å². The van der Waals surface area contributed by atoms with Gasteiger partial charge >= 0.3 is 0 Å². The number of anilines is 1. The van der Waals surface area contributed by atoms with E-state index in [1.54, 1.807) is 18.2 Å². The maximum Gasteiger partial charge on any atom is 0.134 e. The first-order valence-corrected chi connectivity index (χ1v) is 6.74. The summed E-state index contributed by atoms with van der Waals surface area (Å²) in [5.41, 5.74) is 2.04. The van der Waals surface area contributed by atoms with Gasteiger partial charge < -0.3 is 10.4 Å². The van der Waals surface area contributed by atoms with Crippen LogP contribution in [0.4, 0.5) is 5.69 Å². The van der Waals surface area contributed by atoms with Gasteiger partial charge in [-0.15, -0.1) is 0 Å². The van der Waals surface area contributed by atoms with Crippen LogP contribution in [0.1, 0.15) is 18.5 Å². The van der Waals surface area contributed by atoms with Gasteiger partial charge in [0.05, 0.1) is 5.02 Å². The summed E-state index contributed by atoms with van der Waals surface area (Å²) in [5, 5.41) is 13.1. The standard InChI is InChI=1S/C14H13BrClNO/c1-9(11-4-2-3-5-12(11)15)17-10-6-7-14(18)13(16)8-10/h2-9,17-18H,1H3. The Morgan fingerprint density at radius 3 is 2.61 bits per heavy atom. The molecule has 2 N–H and O–H groups in total. The van der Waals surface area contributed by atoms with Gasteiger partial charge in [-0.05, 0) is 36.8 Å². The van der Waals surface area contributed by atoms with Crippen molar-refractivity contribution in [3.05, 3.63) is 57.5 Å². The summed E-state index contributed by atoms with van der Waals surface area (Å²) in [4.78, 5) is 0. The second-order valence-electron chi connectivity index (χ2n) is 4.05. The smallest absolute Gasteiger partial charge is 0.134 e. The van der Waals surface area contributed by atoms with E-state index in [1.807, 2.05) is 18.2 Å². The quantitative estimate of drug-likeness (QED) is 0.780. The van der Waals surface area contributed by atoms with E-state index in [-0.39, 0.29) is 11.8 Å². The molecule has 0 bridgehead atoms. The van der Waals surface area contributed by atoms with Gasteiger partial charge in [0.1, 0.15) is 5.75 Å². The lowest BCUT2D eigenvalue weighted by Gasteiger charge is -2.17. The van der Waals surface area contributed by atoms with Gasteiger partial charge in [-0.2, -0.15) is 0 Å². The molecule has 2 nitrogen and oxygen atoms in total. The summed E-state index contributed by atoms with van der Waals surface area (Å²) >= 11 is 9.41. The Labute approximate surface area is 120 Å². The molecule has 0 radical (unpaired) electrons. The summed E-state index contributed by atoms with van der Waals surface area (Å²) in [6, 6.07) is 13.3. The molecule has 94 valence electrons. The van der Waals surface area contributed by atoms with Gasteiger partial charge in [0, 0.05) is 16.2 Å². The molecule has 0 heterocycles. The van der Waals surface area contributed by atoms with Crippen LogP contribution in [0.15, 0.2) is 46.9 Å². The lowest BCUT2D eigenvalue weighted by molar-refractivity contribution is 0.475. The monoisotopic (exact) mass is 325 g/mol. The molecule has 1 atom stereocenters. The number of hydrogen-bond donors (Lipinski definition) is 2. The first kappa shape index (κ1) is 13.2. The molecule has 0 spiro atoms. The SMILES string of the molecule is CC(Nc1ccc(O)c(Cl)c1)c1ccccc1Br. The second-order valence-corrected chi connectivity index (χ2v) is 5.32. The van der Waals surface area contributed by atoms with Crippen molar-refractivity contribution in [3.8, 4) is 5.75 Å². The fraction of sp³-hybridized carbons (Fsp3) is 0.143. The van der Waals surface area contributed by atoms with Crippen molar-refractivity contribution in [2.45, 2.75) is 13.0 Å².